The Labute approximate surface area is 833 Å². The topological polar surface area (TPSA) is 21.3 Å². The number of para-hydroxylation sites is 4. The van der Waals surface area contributed by atoms with Crippen molar-refractivity contribution in [1.82, 2.24) is 13.7 Å². The van der Waals surface area contributed by atoms with Crippen molar-refractivity contribution in [3.8, 4) is 61.6 Å². The van der Waals surface area contributed by atoms with E-state index in [1.54, 1.807) is 9.13 Å². The van der Waals surface area contributed by atoms with E-state index in [-0.39, 0.29) is 76.6 Å². The molecule has 15 aromatic carbocycles. The molecule has 0 unspecified atom stereocenters. The van der Waals surface area contributed by atoms with Crippen LogP contribution in [0.3, 0.4) is 0 Å². The number of fused-ring (bicyclic) bond motifs is 13. The monoisotopic (exact) mass is 1800 g/mol. The second kappa shape index (κ2) is 31.5. The van der Waals surface area contributed by atoms with Gasteiger partial charge < -0.3 is 23.5 Å². The number of benzene rings is 15. The fraction of sp³-hybridized carbons (Fsp3) is 0.308. The molecule has 0 amide bonds. The molecule has 0 fully saturated rings. The van der Waals surface area contributed by atoms with Gasteiger partial charge in [-0.1, -0.05) is 389 Å². The maximum absolute atomic E-state index is 10.7. The van der Waals surface area contributed by atoms with Gasteiger partial charge in [0.05, 0.1) is 72.1 Å². The predicted octanol–water partition coefficient (Wildman–Crippen LogP) is 34.7. The summed E-state index contributed by atoms with van der Waals surface area (Å²) < 4.78 is 166. The molecular formula is C130H138BN5. The molecule has 2 aliphatic rings. The van der Waals surface area contributed by atoms with E-state index in [0.29, 0.717) is 28.4 Å². The van der Waals surface area contributed by atoms with E-state index >= 15 is 0 Å². The van der Waals surface area contributed by atoms with E-state index < -0.39 is 136 Å². The number of anilines is 6. The predicted molar refractivity (Wildman–Crippen MR) is 592 cm³/mol. The van der Waals surface area contributed by atoms with Crippen LogP contribution in [0, 0.1) is 0 Å². The second-order valence-corrected chi connectivity index (χ2v) is 48.9. The lowest BCUT2D eigenvalue weighted by atomic mass is 9.33. The van der Waals surface area contributed by atoms with E-state index in [1.165, 1.54) is 0 Å². The molecule has 6 heteroatoms. The van der Waals surface area contributed by atoms with Gasteiger partial charge in [0.25, 0.3) is 6.71 Å². The minimum atomic E-state index is -0.901. The van der Waals surface area contributed by atoms with Crippen molar-refractivity contribution in [3.05, 3.63) is 346 Å². The van der Waals surface area contributed by atoms with Crippen molar-refractivity contribution < 1.29 is 21.9 Å². The minimum Gasteiger partial charge on any atom is -0.310 e. The zero-order valence-electron chi connectivity index (χ0n) is 101. The van der Waals surface area contributed by atoms with Crippen LogP contribution in [-0.4, -0.2) is 20.4 Å². The summed E-state index contributed by atoms with van der Waals surface area (Å²) in [4.78, 5) is 4.79. The standard InChI is InChI=1S/C130H138BN5/c1-121(2,3)82-51-47-79(48-52-82)98-71-89(128(22,23)24)73-100(81-65-87(126(16,17)18)67-88(66-81)127(19,20)21)119(98)135-114-75-91(132-108-43-35-31-39-94(108)95-40-32-36-44-109(95)132)58-61-106(114)131-107-62-59-92(133-112-63-56-85(124(10,11)12)69-102(112)103-70-86(125(13,14)15)57-64-113(103)133)76-115(107)136(117-78-93(77-116(135)118(117)131)134-110-45-37-33-41-96(110)97-42-34-38-46-111(97)134)120-99(80-49-53-83(54-50-80)122(4,5)6)72-90(129(25,26)27)74-104(120)101-68-84(123(7,8)9)55-60-105(101)130(28,29)30/h31-78H,1-30H3/i31D,32D,33D,34D,35D,36D,37D,38D,39D,40D,41D,42D,43D,44D,45D,46D. The third kappa shape index (κ3) is 15.5. The average molecular weight is 1800 g/mol. The minimum absolute atomic E-state index is 0.0883. The van der Waals surface area contributed by atoms with Crippen LogP contribution in [-0.2, 0) is 54.1 Å². The number of hydrogen-bond acceptors (Lipinski definition) is 2. The molecule has 686 valence electrons. The van der Waals surface area contributed by atoms with Gasteiger partial charge in [-0.15, -0.1) is 0 Å². The average Bonchev–Trinajstić information content (AvgIpc) is 0.996. The highest BCUT2D eigenvalue weighted by atomic mass is 15.2. The van der Waals surface area contributed by atoms with Crippen LogP contribution < -0.4 is 26.2 Å². The van der Waals surface area contributed by atoms with Crippen LogP contribution in [0.2, 0.25) is 0 Å². The Morgan fingerprint density at radius 1 is 0.206 bits per heavy atom. The molecule has 0 radical (unpaired) electrons. The van der Waals surface area contributed by atoms with Crippen LogP contribution in [0.15, 0.2) is 291 Å². The van der Waals surface area contributed by atoms with Gasteiger partial charge in [-0.3, -0.25) is 0 Å². The highest BCUT2D eigenvalue weighted by Gasteiger charge is 2.48. The molecule has 0 saturated heterocycles. The van der Waals surface area contributed by atoms with Crippen molar-refractivity contribution >= 4 is 123 Å². The lowest BCUT2D eigenvalue weighted by Crippen LogP contribution is -2.61. The summed E-state index contributed by atoms with van der Waals surface area (Å²) >= 11 is 0. The number of hydrogen-bond donors (Lipinski definition) is 0. The largest absolute Gasteiger partial charge is 0.310 e. The Hall–Kier alpha value is -12.6. The van der Waals surface area contributed by atoms with Crippen LogP contribution >= 0.6 is 0 Å². The summed E-state index contributed by atoms with van der Waals surface area (Å²) in [6, 6.07) is 63.3. The quantitative estimate of drug-likeness (QED) is 0.134. The van der Waals surface area contributed by atoms with Crippen molar-refractivity contribution in [1.29, 1.82) is 0 Å². The van der Waals surface area contributed by atoms with Gasteiger partial charge in [-0.05, 0) is 258 Å². The van der Waals surface area contributed by atoms with Crippen molar-refractivity contribution in [2.24, 2.45) is 0 Å². The molecule has 5 nitrogen and oxygen atoms in total. The lowest BCUT2D eigenvalue weighted by molar-refractivity contribution is 0.569. The summed E-state index contributed by atoms with van der Waals surface area (Å²) in [7, 11) is 0. The summed E-state index contributed by atoms with van der Waals surface area (Å²) in [6.45, 7) is 66.4. The fourth-order valence-corrected chi connectivity index (χ4v) is 20.8. The zero-order chi connectivity index (χ0) is 111. The maximum Gasteiger partial charge on any atom is 0.252 e. The van der Waals surface area contributed by atoms with Crippen LogP contribution in [0.4, 0.5) is 34.1 Å². The van der Waals surface area contributed by atoms with E-state index in [1.807, 2.05) is 18.2 Å². The molecule has 2 aliphatic heterocycles. The van der Waals surface area contributed by atoms with Gasteiger partial charge in [0.2, 0.25) is 0 Å². The normalized spacial score (nSPS) is 15.4. The first-order valence-corrected chi connectivity index (χ1v) is 48.5. The Bertz CT molecular complexity index is 8690. The van der Waals surface area contributed by atoms with Gasteiger partial charge in [-0.25, -0.2) is 0 Å². The molecule has 136 heavy (non-hydrogen) atoms. The number of aromatic nitrogens is 3. The fourth-order valence-electron chi connectivity index (χ4n) is 20.8. The van der Waals surface area contributed by atoms with Gasteiger partial charge in [0.15, 0.2) is 0 Å². The smallest absolute Gasteiger partial charge is 0.252 e. The molecule has 0 aliphatic carbocycles. The first kappa shape index (κ1) is 73.7. The van der Waals surface area contributed by atoms with Gasteiger partial charge in [0, 0.05) is 88.7 Å². The summed E-state index contributed by atoms with van der Waals surface area (Å²) in [5.41, 5.74) is 22.3. The molecule has 20 rings (SSSR count). The van der Waals surface area contributed by atoms with Crippen LogP contribution in [0.25, 0.3) is 127 Å². The van der Waals surface area contributed by atoms with E-state index in [4.69, 9.17) is 0 Å². The van der Waals surface area contributed by atoms with E-state index in [2.05, 4.69) is 398 Å². The highest BCUT2D eigenvalue weighted by molar-refractivity contribution is 7.00. The molecule has 0 saturated carbocycles. The van der Waals surface area contributed by atoms with E-state index in [9.17, 15) is 21.9 Å². The Balaban J connectivity index is 1.11. The van der Waals surface area contributed by atoms with Gasteiger partial charge in [-0.2, -0.15) is 0 Å². The first-order chi connectivity index (χ1) is 70.4. The Morgan fingerprint density at radius 2 is 0.493 bits per heavy atom. The number of rotatable bonds is 9. The maximum atomic E-state index is 10.7. The molecule has 18 aromatic rings. The molecule has 0 N–H and O–H groups in total. The lowest BCUT2D eigenvalue weighted by Gasteiger charge is -2.46. The Kier molecular flexibility index (Phi) is 17.0. The van der Waals surface area contributed by atoms with Crippen LogP contribution in [0.1, 0.15) is 285 Å². The van der Waals surface area contributed by atoms with Crippen molar-refractivity contribution in [3.63, 3.8) is 0 Å². The third-order valence-electron chi connectivity index (χ3n) is 28.8. The highest BCUT2D eigenvalue weighted by Crippen LogP contribution is 2.58. The first-order valence-electron chi connectivity index (χ1n) is 56.5. The third-order valence-corrected chi connectivity index (χ3v) is 28.8. The van der Waals surface area contributed by atoms with Crippen LogP contribution in [0.5, 0.6) is 0 Å². The second-order valence-electron chi connectivity index (χ2n) is 48.9. The van der Waals surface area contributed by atoms with Gasteiger partial charge >= 0.3 is 0 Å². The summed E-state index contributed by atoms with van der Waals surface area (Å²) in [5.74, 6) is 0. The molecule has 0 spiro atoms. The molecule has 0 bridgehead atoms. The zero-order valence-corrected chi connectivity index (χ0v) is 85.3. The summed E-state index contributed by atoms with van der Waals surface area (Å²) in [6.07, 6.45) is 0. The molecule has 3 aromatic heterocycles. The van der Waals surface area contributed by atoms with Crippen molar-refractivity contribution in [2.45, 2.75) is 262 Å². The SMILES string of the molecule is [2H]c1c([2H])c([2H])c2c(c1[2H])c1c([2H])c([2H])c([2H])c([2H])c1n2-c1ccc2c(c1)N(c1c(-c3ccc(C(C)(C)C)cc3)cc(C(C)(C)C)cc1-c1cc(C(C)(C)C)cc(C(C)(C)C)c1)c1cc(-n3c4c([2H])c([2H])c([2H])c([2H])c4c4c([2H])c([2H])c([2H])c([2H])c43)cc3c1B2c1ccc(-n2c4ccc(C(C)(C)C)cc4c4cc(C(C)(C)C)ccc42)cc1N3c1c(-c2ccc(C(C)(C)C)cc2)cc(C(C)(C)C)cc1-c1cc(C(C)(C)C)ccc1C(C)(C)C. The molecule has 5 heterocycles. The van der Waals surface area contributed by atoms with E-state index in [0.717, 1.165) is 150 Å². The van der Waals surface area contributed by atoms with Crippen molar-refractivity contribution in [2.75, 3.05) is 9.80 Å². The van der Waals surface area contributed by atoms with Gasteiger partial charge in [0.1, 0.15) is 0 Å². The molecular weight excluding hydrogens is 1640 g/mol. The Morgan fingerprint density at radius 3 is 0.853 bits per heavy atom. The molecule has 0 atom stereocenters. The number of nitrogens with zero attached hydrogens (tertiary/aromatic N) is 5. The summed E-state index contributed by atoms with van der Waals surface area (Å²) in [5, 5.41) is 1.68.